The summed E-state index contributed by atoms with van der Waals surface area (Å²) >= 11 is 5.89. The smallest absolute Gasteiger partial charge is 0.306 e. The number of halogens is 3. The maximum atomic E-state index is 13.2. The van der Waals surface area contributed by atoms with Crippen LogP contribution in [-0.2, 0) is 14.6 Å². The third kappa shape index (κ3) is 4.28. The molecular formula is C19H17ClF2O5S. The van der Waals surface area contributed by atoms with Gasteiger partial charge in [-0.05, 0) is 55.3 Å². The van der Waals surface area contributed by atoms with E-state index >= 15 is 0 Å². The van der Waals surface area contributed by atoms with Crippen molar-refractivity contribution in [3.63, 3.8) is 0 Å². The first-order valence-electron chi connectivity index (χ1n) is 8.48. The highest BCUT2D eigenvalue weighted by Crippen LogP contribution is 2.40. The molecule has 0 heterocycles. The molecule has 3 unspecified atom stereocenters. The lowest BCUT2D eigenvalue weighted by atomic mass is 9.97. The predicted molar refractivity (Wildman–Crippen MR) is 98.1 cm³/mol. The van der Waals surface area contributed by atoms with Crippen molar-refractivity contribution in [1.82, 2.24) is 0 Å². The standard InChI is InChI=1S/C19H17ClF2O5S/c20-17-8-13(22)3-6-18(17)28(25,26)15-7-11(16(9-15)19(23)24)10-27-14-4-1-12(21)2-5-14/h1-6,8,11,15-16H,7,9-10H2,(H,23,24). The summed E-state index contributed by atoms with van der Waals surface area (Å²) in [5, 5.41) is 8.27. The van der Waals surface area contributed by atoms with E-state index in [-0.39, 0.29) is 29.4 Å². The lowest BCUT2D eigenvalue weighted by Crippen LogP contribution is -2.23. The van der Waals surface area contributed by atoms with Gasteiger partial charge in [0.25, 0.3) is 0 Å². The van der Waals surface area contributed by atoms with Crippen molar-refractivity contribution >= 4 is 27.4 Å². The lowest BCUT2D eigenvalue weighted by molar-refractivity contribution is -0.143. The molecule has 1 saturated carbocycles. The maximum Gasteiger partial charge on any atom is 0.306 e. The first-order chi connectivity index (χ1) is 13.2. The average molecular weight is 431 g/mol. The fraction of sp³-hybridized carbons (Fsp3) is 0.316. The van der Waals surface area contributed by atoms with Crippen LogP contribution in [-0.4, -0.2) is 31.4 Å². The number of aliphatic carboxylic acids is 1. The Bertz CT molecular complexity index is 978. The van der Waals surface area contributed by atoms with Crippen molar-refractivity contribution in [2.75, 3.05) is 6.61 Å². The van der Waals surface area contributed by atoms with Crippen LogP contribution in [0.3, 0.4) is 0 Å². The summed E-state index contributed by atoms with van der Waals surface area (Å²) in [6, 6.07) is 8.24. The minimum Gasteiger partial charge on any atom is -0.493 e. The second-order valence-corrected chi connectivity index (χ2v) is 9.29. The first-order valence-corrected chi connectivity index (χ1v) is 10.4. The molecule has 2 aromatic carbocycles. The highest BCUT2D eigenvalue weighted by Gasteiger charge is 2.45. The summed E-state index contributed by atoms with van der Waals surface area (Å²) < 4.78 is 57.5. The van der Waals surface area contributed by atoms with E-state index in [0.29, 0.717) is 5.75 Å². The molecule has 150 valence electrons. The molecule has 3 atom stereocenters. The van der Waals surface area contributed by atoms with Gasteiger partial charge in [0.05, 0.1) is 27.7 Å². The van der Waals surface area contributed by atoms with Crippen molar-refractivity contribution in [2.24, 2.45) is 11.8 Å². The largest absolute Gasteiger partial charge is 0.493 e. The van der Waals surface area contributed by atoms with Gasteiger partial charge in [-0.15, -0.1) is 0 Å². The van der Waals surface area contributed by atoms with Crippen molar-refractivity contribution < 1.29 is 31.8 Å². The van der Waals surface area contributed by atoms with E-state index in [2.05, 4.69) is 0 Å². The second-order valence-electron chi connectivity index (χ2n) is 6.68. The Morgan fingerprint density at radius 1 is 1.11 bits per heavy atom. The summed E-state index contributed by atoms with van der Waals surface area (Å²) in [6.07, 6.45) is -0.0307. The molecule has 2 aromatic rings. The molecule has 0 aliphatic heterocycles. The number of hydrogen-bond acceptors (Lipinski definition) is 4. The lowest BCUT2D eigenvalue weighted by Gasteiger charge is -2.16. The maximum absolute atomic E-state index is 13.2. The predicted octanol–water partition coefficient (Wildman–Crippen LogP) is 3.95. The number of ether oxygens (including phenoxy) is 1. The Morgan fingerprint density at radius 3 is 2.36 bits per heavy atom. The number of rotatable bonds is 6. The molecule has 1 fully saturated rings. The molecule has 5 nitrogen and oxygen atoms in total. The van der Waals surface area contributed by atoms with Gasteiger partial charge in [0.1, 0.15) is 17.4 Å². The van der Waals surface area contributed by atoms with Gasteiger partial charge in [0.15, 0.2) is 9.84 Å². The number of carbonyl (C=O) groups is 1. The zero-order valence-electron chi connectivity index (χ0n) is 14.5. The van der Waals surface area contributed by atoms with Gasteiger partial charge in [0.2, 0.25) is 0 Å². The van der Waals surface area contributed by atoms with E-state index in [4.69, 9.17) is 16.3 Å². The van der Waals surface area contributed by atoms with Gasteiger partial charge < -0.3 is 9.84 Å². The van der Waals surface area contributed by atoms with Crippen LogP contribution in [0.5, 0.6) is 5.75 Å². The minimum atomic E-state index is -3.94. The summed E-state index contributed by atoms with van der Waals surface area (Å²) in [6.45, 7) is -0.0221. The summed E-state index contributed by atoms with van der Waals surface area (Å²) in [4.78, 5) is 11.4. The van der Waals surface area contributed by atoms with E-state index in [9.17, 15) is 27.1 Å². The van der Waals surface area contributed by atoms with Gasteiger partial charge in [0, 0.05) is 5.92 Å². The van der Waals surface area contributed by atoms with Crippen LogP contribution in [0, 0.1) is 23.5 Å². The van der Waals surface area contributed by atoms with E-state index in [0.717, 1.165) is 18.2 Å². The van der Waals surface area contributed by atoms with Gasteiger partial charge in [-0.2, -0.15) is 0 Å². The number of carboxylic acids is 1. The minimum absolute atomic E-state index is 0.0221. The molecule has 1 aliphatic rings. The Balaban J connectivity index is 1.78. The molecule has 0 saturated heterocycles. The summed E-state index contributed by atoms with van der Waals surface area (Å²) in [7, 11) is -3.94. The molecule has 0 spiro atoms. The molecule has 9 heteroatoms. The number of sulfone groups is 1. The Kier molecular flexibility index (Phi) is 5.90. The third-order valence-electron chi connectivity index (χ3n) is 4.89. The highest BCUT2D eigenvalue weighted by atomic mass is 35.5. The van der Waals surface area contributed by atoms with E-state index in [1.54, 1.807) is 0 Å². The van der Waals surface area contributed by atoms with Crippen LogP contribution in [0.15, 0.2) is 47.4 Å². The molecule has 0 aromatic heterocycles. The van der Waals surface area contributed by atoms with E-state index in [1.165, 1.54) is 24.3 Å². The molecule has 28 heavy (non-hydrogen) atoms. The van der Waals surface area contributed by atoms with Crippen molar-refractivity contribution in [3.8, 4) is 5.75 Å². The number of hydrogen-bond donors (Lipinski definition) is 1. The molecule has 1 N–H and O–H groups in total. The van der Waals surface area contributed by atoms with Crippen LogP contribution in [0.1, 0.15) is 12.8 Å². The van der Waals surface area contributed by atoms with Crippen LogP contribution >= 0.6 is 11.6 Å². The Morgan fingerprint density at radius 2 is 1.75 bits per heavy atom. The quantitative estimate of drug-likeness (QED) is 0.702. The Hall–Kier alpha value is -2.19. The molecular weight excluding hydrogens is 414 g/mol. The monoisotopic (exact) mass is 430 g/mol. The average Bonchev–Trinajstić information content (AvgIpc) is 3.06. The zero-order valence-corrected chi connectivity index (χ0v) is 16.1. The van der Waals surface area contributed by atoms with Crippen molar-refractivity contribution in [3.05, 3.63) is 59.1 Å². The van der Waals surface area contributed by atoms with Crippen LogP contribution < -0.4 is 4.74 Å². The van der Waals surface area contributed by atoms with Gasteiger partial charge in [-0.3, -0.25) is 4.79 Å². The van der Waals surface area contributed by atoms with E-state index < -0.39 is 44.5 Å². The topological polar surface area (TPSA) is 80.7 Å². The fourth-order valence-corrected chi connectivity index (χ4v) is 5.83. The van der Waals surface area contributed by atoms with Crippen molar-refractivity contribution in [1.29, 1.82) is 0 Å². The zero-order chi connectivity index (χ0) is 20.5. The molecule has 0 amide bonds. The van der Waals surface area contributed by atoms with Gasteiger partial charge in [-0.25, -0.2) is 17.2 Å². The molecule has 1 aliphatic carbocycles. The summed E-state index contributed by atoms with van der Waals surface area (Å²) in [5.41, 5.74) is 0. The van der Waals surface area contributed by atoms with Gasteiger partial charge >= 0.3 is 5.97 Å². The van der Waals surface area contributed by atoms with Crippen molar-refractivity contribution in [2.45, 2.75) is 23.0 Å². The summed E-state index contributed by atoms with van der Waals surface area (Å²) in [5.74, 6) is -3.32. The number of carboxylic acid groups (broad SMARTS) is 1. The SMILES string of the molecule is O=C(O)C1CC(S(=O)(=O)c2ccc(F)cc2Cl)CC1COc1ccc(F)cc1. The number of benzene rings is 2. The highest BCUT2D eigenvalue weighted by molar-refractivity contribution is 7.92. The second kappa shape index (κ2) is 8.05. The first kappa shape index (κ1) is 20.5. The molecule has 3 rings (SSSR count). The van der Waals surface area contributed by atoms with E-state index in [1.807, 2.05) is 0 Å². The van der Waals surface area contributed by atoms with Crippen LogP contribution in [0.25, 0.3) is 0 Å². The fourth-order valence-electron chi connectivity index (χ4n) is 3.43. The normalized spacial score (nSPS) is 22.2. The molecule has 0 radical (unpaired) electrons. The third-order valence-corrected chi connectivity index (χ3v) is 7.54. The van der Waals surface area contributed by atoms with Gasteiger partial charge in [-0.1, -0.05) is 11.6 Å². The Labute approximate surface area is 165 Å². The molecule has 0 bridgehead atoms. The van der Waals surface area contributed by atoms with Crippen LogP contribution in [0.4, 0.5) is 8.78 Å². The van der Waals surface area contributed by atoms with Crippen LogP contribution in [0.2, 0.25) is 5.02 Å².